The maximum atomic E-state index is 11.6. The van der Waals surface area contributed by atoms with Gasteiger partial charge in [0.25, 0.3) is 0 Å². The Kier molecular flexibility index (Phi) is 62.2. The van der Waals surface area contributed by atoms with Gasteiger partial charge in [-0.3, -0.25) is 9.59 Å². The van der Waals surface area contributed by atoms with E-state index in [-0.39, 0.29) is 42.9 Å². The Labute approximate surface area is 367 Å². The van der Waals surface area contributed by atoms with Crippen molar-refractivity contribution in [1.82, 2.24) is 0 Å². The van der Waals surface area contributed by atoms with Gasteiger partial charge in [-0.2, -0.15) is 27.7 Å². The fourth-order valence-corrected chi connectivity index (χ4v) is 6.86. The molecule has 314 valence electrons. The van der Waals surface area contributed by atoms with E-state index < -0.39 is 12.1 Å². The van der Waals surface area contributed by atoms with Gasteiger partial charge < -0.3 is 22.4 Å². The van der Waals surface area contributed by atoms with Crippen LogP contribution in [0.25, 0.3) is 0 Å². The average molecular weight is 819 g/mol. The largest absolute Gasteiger partial charge is 1.00 e. The summed E-state index contributed by atoms with van der Waals surface area (Å²) in [5.41, 5.74) is 11.6. The molecular weight excluding hydrogens is 732 g/mol. The Morgan fingerprint density at radius 2 is 0.679 bits per heavy atom. The molecule has 0 spiro atoms. The number of thioether (sulfide) groups is 2. The van der Waals surface area contributed by atoms with E-state index in [1.807, 2.05) is 12.5 Å². The predicted octanol–water partition coefficient (Wildman–Crippen LogP) is 8.96. The van der Waals surface area contributed by atoms with E-state index in [4.69, 9.17) is 25.1 Å². The Balaban J connectivity index is -0.000000273. The maximum Gasteiger partial charge on any atom is 1.00 e. The molecule has 0 aliphatic rings. The topological polar surface area (TPSA) is 122 Å². The second-order valence-corrected chi connectivity index (χ2v) is 16.3. The van der Waals surface area contributed by atoms with Crippen LogP contribution >= 0.6 is 23.5 Å². The number of hydrogen-bond donors (Lipinski definition) is 2. The van der Waals surface area contributed by atoms with Crippen LogP contribution in [0.5, 0.6) is 0 Å². The summed E-state index contributed by atoms with van der Waals surface area (Å²) < 4.78 is 18.3. The Bertz CT molecular complexity index is 667. The second-order valence-electron chi connectivity index (χ2n) is 14.3. The van der Waals surface area contributed by atoms with Crippen molar-refractivity contribution in [3.05, 3.63) is 0 Å². The van der Waals surface area contributed by atoms with Crippen LogP contribution in [-0.2, 0) is 31.6 Å². The Morgan fingerprint density at radius 1 is 0.472 bits per heavy atom. The summed E-state index contributed by atoms with van der Waals surface area (Å²) in [4.78, 5) is 23.3. The number of hydrogen-bond acceptors (Lipinski definition) is 10. The van der Waals surface area contributed by atoms with Crippen molar-refractivity contribution in [3.63, 3.8) is 0 Å². The third-order valence-corrected chi connectivity index (χ3v) is 10.6. The van der Waals surface area contributed by atoms with Crippen LogP contribution in [0.1, 0.15) is 208 Å². The van der Waals surface area contributed by atoms with E-state index in [9.17, 15) is 9.59 Å². The summed E-state index contributed by atoms with van der Waals surface area (Å²) in [6.07, 6.45) is 42.9. The Hall–Kier alpha value is 0.580. The Morgan fingerprint density at radius 3 is 0.887 bits per heavy atom. The first-order valence-corrected chi connectivity index (χ1v) is 24.6. The first-order chi connectivity index (χ1) is 25.4. The first kappa shape index (κ1) is 60.3. The van der Waals surface area contributed by atoms with E-state index in [2.05, 4.69) is 26.4 Å². The molecule has 2 atom stereocenters. The number of esters is 2. The zero-order valence-electron chi connectivity index (χ0n) is 36.6. The molecule has 0 saturated heterocycles. The van der Waals surface area contributed by atoms with Crippen molar-refractivity contribution in [3.8, 4) is 0 Å². The minimum atomic E-state index is -0.445. The number of carbonyl (C=O) groups is 2. The molecule has 0 saturated carbocycles. The van der Waals surface area contributed by atoms with Gasteiger partial charge in [0, 0.05) is 0 Å². The number of ether oxygens (including phenoxy) is 2. The fourth-order valence-electron chi connectivity index (χ4n) is 5.88. The van der Waals surface area contributed by atoms with Crippen LogP contribution in [-0.4, -0.2) is 65.5 Å². The van der Waals surface area contributed by atoms with Gasteiger partial charge in [0.05, 0.1) is 13.2 Å². The van der Waals surface area contributed by atoms with Gasteiger partial charge in [-0.05, 0) is 49.7 Å². The maximum absolute atomic E-state index is 11.6. The summed E-state index contributed by atoms with van der Waals surface area (Å²) in [6, 6.07) is -0.891. The fraction of sp³-hybridized carbons (Fsp3) is 0.952. The van der Waals surface area contributed by atoms with Gasteiger partial charge in [0.15, 0.2) is 12.5 Å². The molecule has 0 radical (unpaired) electrons. The zero-order chi connectivity index (χ0) is 39.2. The molecular formula is C42H87N2NaO5S3. The van der Waals surface area contributed by atoms with E-state index in [1.54, 1.807) is 23.5 Å². The molecule has 0 heterocycles. The molecule has 0 aliphatic carbocycles. The molecule has 0 aromatic rings. The van der Waals surface area contributed by atoms with E-state index in [1.165, 1.54) is 154 Å². The molecule has 0 amide bonds. The van der Waals surface area contributed by atoms with Gasteiger partial charge in [-0.1, -0.05) is 181 Å². The molecule has 7 nitrogen and oxygen atoms in total. The molecule has 0 unspecified atom stereocenters. The van der Waals surface area contributed by atoms with Crippen LogP contribution in [0.4, 0.5) is 0 Å². The summed E-state index contributed by atoms with van der Waals surface area (Å²) in [7, 11) is 0. The smallest absolute Gasteiger partial charge is 1.00 e. The zero-order valence-corrected chi connectivity index (χ0v) is 40.1. The quantitative estimate of drug-likeness (QED) is 0.0355. The van der Waals surface area contributed by atoms with Gasteiger partial charge >= 0.3 is 41.5 Å². The molecule has 11 heteroatoms. The van der Waals surface area contributed by atoms with Crippen LogP contribution in [0.3, 0.4) is 0 Å². The number of nitrogens with two attached hydrogens (primary N) is 2. The normalized spacial score (nSPS) is 11.7. The summed E-state index contributed by atoms with van der Waals surface area (Å²) >= 11 is 6.25. The number of rotatable bonds is 38. The van der Waals surface area contributed by atoms with Crippen molar-refractivity contribution >= 4 is 48.0 Å². The molecule has 0 rings (SSSR count). The van der Waals surface area contributed by atoms with Crippen molar-refractivity contribution < 1.29 is 54.3 Å². The van der Waals surface area contributed by atoms with Gasteiger partial charge in [-0.15, -0.1) is 0 Å². The molecule has 0 aliphatic heterocycles. The first-order valence-electron chi connectivity index (χ1n) is 21.4. The van der Waals surface area contributed by atoms with Crippen LogP contribution in [0.2, 0.25) is 0 Å². The molecule has 0 bridgehead atoms. The molecule has 4 N–H and O–H groups in total. The van der Waals surface area contributed by atoms with Crippen LogP contribution in [0, 0.1) is 0 Å². The van der Waals surface area contributed by atoms with E-state index in [0.717, 1.165) is 37.2 Å². The van der Waals surface area contributed by atoms with Gasteiger partial charge in [0.2, 0.25) is 0 Å². The second kappa shape index (κ2) is 54.7. The monoisotopic (exact) mass is 819 g/mol. The minimum Gasteiger partial charge on any atom is -1.00 e. The molecule has 0 aromatic heterocycles. The van der Waals surface area contributed by atoms with E-state index >= 15 is 0 Å². The molecule has 53 heavy (non-hydrogen) atoms. The molecule has 0 fully saturated rings. The third-order valence-electron chi connectivity index (χ3n) is 9.36. The minimum absolute atomic E-state index is 0. The SMILES string of the molecule is CCCCCCCCCCCCCCCCOC(=O)[C@@H](N)CCSC.CCCCCCCCCCCCCCCCOC(=O)[C@@H](N)CCSC.O=S.[H-].[Na+]. The van der Waals surface area contributed by atoms with Crippen molar-refractivity contribution in [2.75, 3.05) is 37.2 Å². The predicted molar refractivity (Wildman–Crippen MR) is 234 cm³/mol. The van der Waals surface area contributed by atoms with Crippen molar-refractivity contribution in [2.24, 2.45) is 11.5 Å². The third kappa shape index (κ3) is 52.6. The number of carbonyl (C=O) groups excluding carboxylic acids is 2. The average Bonchev–Trinajstić information content (AvgIpc) is 3.16. The van der Waals surface area contributed by atoms with Crippen molar-refractivity contribution in [1.29, 1.82) is 0 Å². The summed E-state index contributed by atoms with van der Waals surface area (Å²) in [5, 5.41) is 0. The summed E-state index contributed by atoms with van der Waals surface area (Å²) in [5.74, 6) is 1.36. The van der Waals surface area contributed by atoms with Crippen LogP contribution < -0.4 is 41.0 Å². The van der Waals surface area contributed by atoms with E-state index in [0.29, 0.717) is 26.1 Å². The van der Waals surface area contributed by atoms with Gasteiger partial charge in [0.1, 0.15) is 12.1 Å². The van der Waals surface area contributed by atoms with Crippen molar-refractivity contribution in [2.45, 2.75) is 219 Å². The number of unbranched alkanes of at least 4 members (excludes halogenated alkanes) is 26. The summed E-state index contributed by atoms with van der Waals surface area (Å²) in [6.45, 7) is 5.61. The van der Waals surface area contributed by atoms with Crippen LogP contribution in [0.15, 0.2) is 0 Å². The standard InChI is InChI=1S/2C21H43NO2S.Na.OS.H/c2*1-3-4-5-6-7-8-9-10-11-12-13-14-15-16-18-24-21(23)20(22)17-19-25-2;;1-2;/h2*20H,3-19,22H2,1-2H3;;;/q;;+1;;-1/t2*20-;;;/m00.../s1. The molecule has 0 aromatic carbocycles. The van der Waals surface area contributed by atoms with Gasteiger partial charge in [-0.25, -0.2) is 0 Å².